The van der Waals surface area contributed by atoms with Crippen LogP contribution >= 0.6 is 0 Å². The second-order valence-electron chi connectivity index (χ2n) is 15.3. The first-order valence-corrected chi connectivity index (χ1v) is 19.1. The van der Waals surface area contributed by atoms with Crippen molar-refractivity contribution < 1.29 is 50.3 Å². The maximum atomic E-state index is 6.56. The molecule has 58 heavy (non-hydrogen) atoms. The topological polar surface area (TPSA) is 75.0 Å². The van der Waals surface area contributed by atoms with E-state index in [1.165, 1.54) is 0 Å². The molecule has 9 heteroatoms. The minimum atomic E-state index is 0. The van der Waals surface area contributed by atoms with Gasteiger partial charge in [0.2, 0.25) is 5.95 Å². The second-order valence-corrected chi connectivity index (χ2v) is 15.3. The molecule has 0 aliphatic carbocycles. The van der Waals surface area contributed by atoms with Gasteiger partial charge in [-0.2, -0.15) is 22.9 Å². The van der Waals surface area contributed by atoms with Gasteiger partial charge in [-0.05, 0) is 60.7 Å². The third-order valence-corrected chi connectivity index (χ3v) is 9.95. The summed E-state index contributed by atoms with van der Waals surface area (Å²) >= 11 is 0. The van der Waals surface area contributed by atoms with Crippen molar-refractivity contribution in [1.29, 1.82) is 0 Å². The van der Waals surface area contributed by atoms with Crippen molar-refractivity contribution in [1.82, 2.24) is 24.5 Å². The van der Waals surface area contributed by atoms with Gasteiger partial charge in [0.1, 0.15) is 0 Å². The summed E-state index contributed by atoms with van der Waals surface area (Å²) in [5, 5.41) is 1.91. The molecule has 0 atom stereocenters. The van der Waals surface area contributed by atoms with Crippen LogP contribution in [0.15, 0.2) is 97.6 Å². The first-order chi connectivity index (χ1) is 27.0. The third-order valence-electron chi connectivity index (χ3n) is 9.95. The molecule has 0 amide bonds. The molecule has 0 unspecified atom stereocenters. The quantitative estimate of drug-likeness (QED) is 0.100. The molecule has 0 bridgehead atoms. The van der Waals surface area contributed by atoms with E-state index in [4.69, 9.17) is 19.4 Å². The largest absolute Gasteiger partial charge is 2.00 e. The molecule has 0 radical (unpaired) electrons. The Labute approximate surface area is 368 Å². The molecule has 0 N–H and O–H groups in total. The summed E-state index contributed by atoms with van der Waals surface area (Å²) in [6.45, 7) is 17.1. The van der Waals surface area contributed by atoms with E-state index in [0.717, 1.165) is 72.1 Å². The molecule has 0 fully saturated rings. The van der Waals surface area contributed by atoms with Gasteiger partial charge in [0, 0.05) is 47.8 Å². The van der Waals surface area contributed by atoms with Gasteiger partial charge in [0.25, 0.3) is 0 Å². The Hall–Kier alpha value is -5.02. The Morgan fingerprint density at radius 3 is 1.31 bits per heavy atom. The Bertz CT molecular complexity index is 2560. The van der Waals surface area contributed by atoms with Crippen LogP contribution in [0.2, 0.25) is 0 Å². The molecule has 0 aliphatic rings. The molecule has 8 rings (SSSR count). The number of pyridine rings is 2. The monoisotopic (exact) mass is 945 g/mol. The number of nitrogens with zero attached hydrogens (tertiary/aromatic N) is 5. The van der Waals surface area contributed by atoms with Crippen LogP contribution < -0.4 is 9.47 Å². The van der Waals surface area contributed by atoms with Crippen LogP contribution in [0.1, 0.15) is 87.1 Å². The van der Waals surface area contributed by atoms with E-state index in [1.54, 1.807) is 0 Å². The van der Waals surface area contributed by atoms with Gasteiger partial charge in [-0.3, -0.25) is 0 Å². The molecule has 296 valence electrons. The number of ether oxygens (including phenoxy) is 2. The van der Waals surface area contributed by atoms with Crippen LogP contribution in [0.3, 0.4) is 0 Å². The molecule has 4 aromatic carbocycles. The predicted octanol–water partition coefficient (Wildman–Crippen LogP) is 12.5. The molecule has 4 heterocycles. The van der Waals surface area contributed by atoms with E-state index in [-0.39, 0.29) is 58.6 Å². The van der Waals surface area contributed by atoms with Gasteiger partial charge in [-0.1, -0.05) is 100 Å². The number of hydrogen-bond acceptors (Lipinski definition) is 6. The zero-order chi connectivity index (χ0) is 39.1. The Kier molecular flexibility index (Phi) is 13.1. The fourth-order valence-corrected chi connectivity index (χ4v) is 6.68. The van der Waals surface area contributed by atoms with Crippen molar-refractivity contribution in [2.24, 2.45) is 0 Å². The Morgan fingerprint density at radius 2 is 0.914 bits per heavy atom. The van der Waals surface area contributed by atoms with Crippen LogP contribution in [-0.2, 0) is 40.8 Å². The number of hydrogen-bond donors (Lipinski definition) is 0. The van der Waals surface area contributed by atoms with Gasteiger partial charge >= 0.3 is 40.8 Å². The first-order valence-electron chi connectivity index (χ1n) is 19.1. The molecule has 0 saturated carbocycles. The number of aromatic nitrogens is 5. The summed E-state index contributed by atoms with van der Waals surface area (Å²) in [6.07, 6.45) is 7.41. The van der Waals surface area contributed by atoms with Gasteiger partial charge in [0.05, 0.1) is 0 Å². The fraction of sp³-hybridized carbons (Fsp3) is 0.224. The van der Waals surface area contributed by atoms with Crippen molar-refractivity contribution in [2.75, 3.05) is 0 Å². The molecule has 0 aliphatic heterocycles. The number of fused-ring (bicyclic) bond motifs is 3. The summed E-state index contributed by atoms with van der Waals surface area (Å²) in [5.74, 6) is 3.59. The van der Waals surface area contributed by atoms with Crippen molar-refractivity contribution in [2.45, 2.75) is 73.1 Å². The molecule has 7 nitrogen and oxygen atoms in total. The number of rotatable bonds is 10. The van der Waals surface area contributed by atoms with Gasteiger partial charge < -0.3 is 24.0 Å². The van der Waals surface area contributed by atoms with Gasteiger partial charge in [-0.25, -0.2) is 9.97 Å². The summed E-state index contributed by atoms with van der Waals surface area (Å²) in [6, 6.07) is 38.5. The van der Waals surface area contributed by atoms with E-state index in [2.05, 4.69) is 114 Å². The van der Waals surface area contributed by atoms with Crippen LogP contribution in [-0.4, -0.2) is 24.5 Å². The zero-order valence-electron chi connectivity index (χ0n) is 33.7. The summed E-state index contributed by atoms with van der Waals surface area (Å²) in [4.78, 5) is 18.9. The predicted molar refractivity (Wildman–Crippen MR) is 223 cm³/mol. The minimum Gasteiger partial charge on any atom is -0.503 e. The van der Waals surface area contributed by atoms with Gasteiger partial charge in [0.15, 0.2) is 0 Å². The standard InChI is InChI=1S/C49H43N5O2.2Pd/c1-29(2)34-19-36(45-17-32(7)13-15-50-45)23-41(21-34)55-39-9-11-43-44-12-10-40(26-48(44)54(47(43)25-39)49-52-27-38(28-53-49)31(5)6)56-42-22-35(30(3)4)20-37(24-42)46-18-33(8)14-16-51-46;;/h9-22,27-31H,1-8H3;;/q-4;2*+2. The van der Waals surface area contributed by atoms with E-state index in [1.807, 2.05) is 77.9 Å². The summed E-state index contributed by atoms with van der Waals surface area (Å²) in [7, 11) is 0. The van der Waals surface area contributed by atoms with Crippen molar-refractivity contribution in [3.8, 4) is 51.5 Å². The molecule has 4 aromatic heterocycles. The third kappa shape index (κ3) is 9.00. The molecular weight excluding hydrogens is 903 g/mol. The molecule has 0 spiro atoms. The summed E-state index contributed by atoms with van der Waals surface area (Å²) in [5.41, 5.74) is 10.5. The zero-order valence-corrected chi connectivity index (χ0v) is 36.8. The van der Waals surface area contributed by atoms with E-state index in [9.17, 15) is 0 Å². The maximum Gasteiger partial charge on any atom is 2.00 e. The minimum absolute atomic E-state index is 0. The SMILES string of the molecule is Cc1ccnc(-c2[c-]c(Oc3[c-]c4c(cc3)c3ccc(Oc5[c-]c(-c6cc(C)ccn6)cc(C(C)C)c5)[c-]c3n4-c3ncc(C(C)C)cn3)cc(C(C)C)c2)c1.[Pd+2].[Pd+2]. The first kappa shape index (κ1) is 42.6. The maximum absolute atomic E-state index is 6.56. The van der Waals surface area contributed by atoms with E-state index < -0.39 is 0 Å². The summed E-state index contributed by atoms with van der Waals surface area (Å²) < 4.78 is 15.1. The average molecular weight is 947 g/mol. The van der Waals surface area contributed by atoms with Crippen molar-refractivity contribution in [3.63, 3.8) is 0 Å². The van der Waals surface area contributed by atoms with Crippen LogP contribution in [0.5, 0.6) is 23.0 Å². The smallest absolute Gasteiger partial charge is 0.503 e. The average Bonchev–Trinajstić information content (AvgIpc) is 3.50. The van der Waals surface area contributed by atoms with Crippen LogP contribution in [0, 0.1) is 38.1 Å². The molecular formula is C49H43N5O2Pd2. The Balaban J connectivity index is 0.00000283. The van der Waals surface area contributed by atoms with Crippen molar-refractivity contribution in [3.05, 3.63) is 150 Å². The molecule has 0 saturated heterocycles. The van der Waals surface area contributed by atoms with Crippen LogP contribution in [0.25, 0.3) is 50.3 Å². The normalized spacial score (nSPS) is 11.3. The second kappa shape index (κ2) is 17.9. The Morgan fingerprint density at radius 1 is 0.483 bits per heavy atom. The van der Waals surface area contributed by atoms with E-state index in [0.29, 0.717) is 28.9 Å². The van der Waals surface area contributed by atoms with Gasteiger partial charge in [-0.15, -0.1) is 58.7 Å². The van der Waals surface area contributed by atoms with Crippen LogP contribution in [0.4, 0.5) is 0 Å². The number of benzene rings is 4. The van der Waals surface area contributed by atoms with E-state index >= 15 is 0 Å². The number of aryl methyl sites for hydroxylation is 2. The van der Waals surface area contributed by atoms with Crippen molar-refractivity contribution >= 4 is 21.8 Å². The fourth-order valence-electron chi connectivity index (χ4n) is 6.68. The molecule has 8 aromatic rings.